The minimum Gasteiger partial charge on any atom is -0.476 e. The Morgan fingerprint density at radius 3 is 2.47 bits per heavy atom. The molecule has 2 rings (SSSR count). The minimum atomic E-state index is -1.04. The third-order valence-corrected chi connectivity index (χ3v) is 4.00. The number of carboxylic acids is 1. The molecule has 5 nitrogen and oxygen atoms in total. The highest BCUT2D eigenvalue weighted by Gasteiger charge is 2.19. The van der Waals surface area contributed by atoms with Crippen molar-refractivity contribution in [2.45, 2.75) is 39.0 Å². The van der Waals surface area contributed by atoms with E-state index >= 15 is 0 Å². The zero-order valence-electron chi connectivity index (χ0n) is 11.3. The maximum atomic E-state index is 10.7. The van der Waals surface area contributed by atoms with Crippen LogP contribution in [0.2, 0.25) is 0 Å². The summed E-state index contributed by atoms with van der Waals surface area (Å²) in [6.07, 6.45) is 6.49. The normalized spacial score (nSPS) is 23.0. The summed E-state index contributed by atoms with van der Waals surface area (Å²) in [5.74, 6) is 1.22. The predicted molar refractivity (Wildman–Crippen MR) is 73.2 cm³/mol. The fourth-order valence-electron chi connectivity index (χ4n) is 2.63. The van der Waals surface area contributed by atoms with Crippen LogP contribution in [0.3, 0.4) is 0 Å². The van der Waals surface area contributed by atoms with Gasteiger partial charge in [0.1, 0.15) is 5.82 Å². The number of aromatic nitrogens is 2. The minimum absolute atomic E-state index is 0.0194. The van der Waals surface area contributed by atoms with Crippen molar-refractivity contribution >= 4 is 11.8 Å². The first-order valence-corrected chi connectivity index (χ1v) is 7.00. The van der Waals surface area contributed by atoms with Crippen molar-refractivity contribution in [2.24, 2.45) is 11.8 Å². The van der Waals surface area contributed by atoms with Crippen LogP contribution in [0.15, 0.2) is 12.1 Å². The Morgan fingerprint density at radius 2 is 1.95 bits per heavy atom. The number of nitrogens with zero attached hydrogens (tertiary/aromatic N) is 2. The molecule has 1 aliphatic carbocycles. The molecule has 0 radical (unpaired) electrons. The predicted octanol–water partition coefficient (Wildman–Crippen LogP) is 2.80. The van der Waals surface area contributed by atoms with Crippen molar-refractivity contribution in [2.75, 3.05) is 11.9 Å². The van der Waals surface area contributed by atoms with Crippen LogP contribution in [0, 0.1) is 11.8 Å². The van der Waals surface area contributed by atoms with Gasteiger partial charge in [-0.1, -0.05) is 26.2 Å². The molecule has 0 aliphatic heterocycles. The van der Waals surface area contributed by atoms with Gasteiger partial charge in [-0.2, -0.15) is 0 Å². The fraction of sp³-hybridized carbons (Fsp3) is 0.643. The van der Waals surface area contributed by atoms with Crippen LogP contribution in [-0.4, -0.2) is 27.8 Å². The van der Waals surface area contributed by atoms with Crippen molar-refractivity contribution in [3.8, 4) is 0 Å². The molecule has 0 saturated heterocycles. The van der Waals surface area contributed by atoms with Crippen molar-refractivity contribution in [1.82, 2.24) is 10.2 Å². The summed E-state index contributed by atoms with van der Waals surface area (Å²) in [5, 5.41) is 19.5. The number of hydrogen-bond donors (Lipinski definition) is 2. The zero-order chi connectivity index (χ0) is 13.7. The van der Waals surface area contributed by atoms with Gasteiger partial charge in [-0.15, -0.1) is 10.2 Å². The van der Waals surface area contributed by atoms with Crippen molar-refractivity contribution < 1.29 is 9.90 Å². The van der Waals surface area contributed by atoms with E-state index in [9.17, 15) is 4.79 Å². The second kappa shape index (κ2) is 6.50. The van der Waals surface area contributed by atoms with Gasteiger partial charge < -0.3 is 10.4 Å². The molecule has 0 bridgehead atoms. The number of carboxylic acid groups (broad SMARTS) is 1. The zero-order valence-corrected chi connectivity index (χ0v) is 11.3. The van der Waals surface area contributed by atoms with Crippen LogP contribution in [0.5, 0.6) is 0 Å². The van der Waals surface area contributed by atoms with Gasteiger partial charge >= 0.3 is 5.97 Å². The maximum Gasteiger partial charge on any atom is 0.356 e. The average Bonchev–Trinajstić information content (AvgIpc) is 2.46. The molecule has 0 spiro atoms. The van der Waals surface area contributed by atoms with Gasteiger partial charge in [0.2, 0.25) is 0 Å². The molecule has 5 heteroatoms. The Labute approximate surface area is 113 Å². The Bertz CT molecular complexity index is 411. The SMILES string of the molecule is CCC1CCC(CNc2ccc(C(=O)O)nn2)CC1. The standard InChI is InChI=1S/C14H21N3O2/c1-2-10-3-5-11(6-4-10)9-15-13-8-7-12(14(18)19)16-17-13/h7-8,10-11H,2-6,9H2,1H3,(H,15,17)(H,18,19). The Morgan fingerprint density at radius 1 is 1.26 bits per heavy atom. The summed E-state index contributed by atoms with van der Waals surface area (Å²) in [6, 6.07) is 3.15. The highest BCUT2D eigenvalue weighted by molar-refractivity contribution is 5.85. The molecule has 0 aromatic carbocycles. The number of rotatable bonds is 5. The van der Waals surface area contributed by atoms with E-state index < -0.39 is 5.97 Å². The molecule has 1 aliphatic rings. The molecule has 0 amide bonds. The lowest BCUT2D eigenvalue weighted by atomic mass is 9.81. The highest BCUT2D eigenvalue weighted by Crippen LogP contribution is 2.30. The van der Waals surface area contributed by atoms with Crippen LogP contribution in [-0.2, 0) is 0 Å². The topological polar surface area (TPSA) is 75.1 Å². The molecule has 0 unspecified atom stereocenters. The molecular weight excluding hydrogens is 242 g/mol. The molecule has 1 aromatic heterocycles. The van der Waals surface area contributed by atoms with Crippen molar-refractivity contribution in [3.63, 3.8) is 0 Å². The van der Waals surface area contributed by atoms with Crippen LogP contribution < -0.4 is 5.32 Å². The van der Waals surface area contributed by atoms with E-state index in [0.29, 0.717) is 11.7 Å². The van der Waals surface area contributed by atoms with Gasteiger partial charge in [0, 0.05) is 6.54 Å². The lowest BCUT2D eigenvalue weighted by Gasteiger charge is -2.27. The van der Waals surface area contributed by atoms with E-state index in [0.717, 1.165) is 12.5 Å². The molecule has 1 aromatic rings. The first-order chi connectivity index (χ1) is 9.19. The van der Waals surface area contributed by atoms with E-state index in [2.05, 4.69) is 22.4 Å². The first-order valence-electron chi connectivity index (χ1n) is 7.00. The number of hydrogen-bond acceptors (Lipinski definition) is 4. The second-order valence-electron chi connectivity index (χ2n) is 5.28. The molecule has 1 heterocycles. The van der Waals surface area contributed by atoms with E-state index in [4.69, 9.17) is 5.11 Å². The molecule has 0 atom stereocenters. The average molecular weight is 263 g/mol. The summed E-state index contributed by atoms with van der Waals surface area (Å²) in [4.78, 5) is 10.7. The summed E-state index contributed by atoms with van der Waals surface area (Å²) in [7, 11) is 0. The van der Waals surface area contributed by atoms with Crippen LogP contribution >= 0.6 is 0 Å². The smallest absolute Gasteiger partial charge is 0.356 e. The lowest BCUT2D eigenvalue weighted by molar-refractivity contribution is 0.0689. The molecule has 104 valence electrons. The quantitative estimate of drug-likeness (QED) is 0.854. The van der Waals surface area contributed by atoms with Crippen molar-refractivity contribution in [1.29, 1.82) is 0 Å². The molecule has 2 N–H and O–H groups in total. The van der Waals surface area contributed by atoms with Gasteiger partial charge in [-0.25, -0.2) is 4.79 Å². The third-order valence-electron chi connectivity index (χ3n) is 4.00. The van der Waals surface area contributed by atoms with E-state index in [-0.39, 0.29) is 5.69 Å². The van der Waals surface area contributed by atoms with Gasteiger partial charge in [0.25, 0.3) is 0 Å². The maximum absolute atomic E-state index is 10.7. The molecule has 1 saturated carbocycles. The molecule has 19 heavy (non-hydrogen) atoms. The summed E-state index contributed by atoms with van der Waals surface area (Å²) < 4.78 is 0. The molecule has 1 fully saturated rings. The van der Waals surface area contributed by atoms with E-state index in [1.54, 1.807) is 6.07 Å². The van der Waals surface area contributed by atoms with Crippen molar-refractivity contribution in [3.05, 3.63) is 17.8 Å². The highest BCUT2D eigenvalue weighted by atomic mass is 16.4. The van der Waals surface area contributed by atoms with Gasteiger partial charge in [-0.3, -0.25) is 0 Å². The van der Waals surface area contributed by atoms with Crippen LogP contribution in [0.4, 0.5) is 5.82 Å². The lowest BCUT2D eigenvalue weighted by Crippen LogP contribution is -2.21. The fourth-order valence-corrected chi connectivity index (χ4v) is 2.63. The van der Waals surface area contributed by atoms with E-state index in [1.807, 2.05) is 0 Å². The Kier molecular flexibility index (Phi) is 4.71. The summed E-state index contributed by atoms with van der Waals surface area (Å²) in [6.45, 7) is 3.17. The summed E-state index contributed by atoms with van der Waals surface area (Å²) in [5.41, 5.74) is -0.0194. The second-order valence-corrected chi connectivity index (χ2v) is 5.28. The Hall–Kier alpha value is -1.65. The third kappa shape index (κ3) is 3.91. The first kappa shape index (κ1) is 13.8. The van der Waals surface area contributed by atoms with Gasteiger partial charge in [0.05, 0.1) is 0 Å². The molecular formula is C14H21N3O2. The largest absolute Gasteiger partial charge is 0.476 e. The number of carbonyl (C=O) groups is 1. The number of nitrogens with one attached hydrogen (secondary N) is 1. The van der Waals surface area contributed by atoms with Gasteiger partial charge in [0.15, 0.2) is 5.69 Å². The number of aromatic carboxylic acids is 1. The van der Waals surface area contributed by atoms with Gasteiger partial charge in [-0.05, 0) is 36.8 Å². The summed E-state index contributed by atoms with van der Waals surface area (Å²) >= 11 is 0. The van der Waals surface area contributed by atoms with Crippen LogP contribution in [0.25, 0.3) is 0 Å². The number of anilines is 1. The Balaban J connectivity index is 1.78. The monoisotopic (exact) mass is 263 g/mol. The van der Waals surface area contributed by atoms with E-state index in [1.165, 1.54) is 38.2 Å². The van der Waals surface area contributed by atoms with Crippen LogP contribution in [0.1, 0.15) is 49.5 Å².